The van der Waals surface area contributed by atoms with Crippen LogP contribution in [0.25, 0.3) is 5.57 Å². The van der Waals surface area contributed by atoms with Gasteiger partial charge in [0.05, 0.1) is 5.56 Å². The summed E-state index contributed by atoms with van der Waals surface area (Å²) in [4.78, 5) is 24.0. The van der Waals surface area contributed by atoms with Crippen molar-refractivity contribution in [1.29, 1.82) is 0 Å². The predicted octanol–water partition coefficient (Wildman–Crippen LogP) is 10.5. The molecule has 1 saturated carbocycles. The molecule has 1 aromatic carbocycles. The van der Waals surface area contributed by atoms with Gasteiger partial charge in [-0.05, 0) is 147 Å². The van der Waals surface area contributed by atoms with Gasteiger partial charge in [0.2, 0.25) is 0 Å². The van der Waals surface area contributed by atoms with Crippen LogP contribution in [0, 0.1) is 17.8 Å². The first-order valence-corrected chi connectivity index (χ1v) is 16.5. The third kappa shape index (κ3) is 7.94. The van der Waals surface area contributed by atoms with E-state index in [1.54, 1.807) is 18.2 Å². The number of carboxylic acid groups (broad SMARTS) is 1. The van der Waals surface area contributed by atoms with E-state index in [1.165, 1.54) is 28.4 Å². The lowest BCUT2D eigenvalue weighted by Gasteiger charge is -2.32. The van der Waals surface area contributed by atoms with Gasteiger partial charge in [0.25, 0.3) is 0 Å². The van der Waals surface area contributed by atoms with E-state index in [0.717, 1.165) is 74.5 Å². The molecule has 3 nitrogen and oxygen atoms in total. The molecule has 4 heteroatoms. The van der Waals surface area contributed by atoms with Crippen LogP contribution >= 0.6 is 0 Å². The zero-order valence-corrected chi connectivity index (χ0v) is 26.4. The second-order valence-electron chi connectivity index (χ2n) is 13.6. The van der Waals surface area contributed by atoms with Gasteiger partial charge in [0.1, 0.15) is 5.67 Å². The van der Waals surface area contributed by atoms with Crippen molar-refractivity contribution in [1.82, 2.24) is 0 Å². The Morgan fingerprint density at radius 3 is 2.41 bits per heavy atom. The largest absolute Gasteiger partial charge is 0.478 e. The van der Waals surface area contributed by atoms with Gasteiger partial charge in [-0.2, -0.15) is 0 Å². The highest BCUT2D eigenvalue weighted by molar-refractivity contribution is 5.91. The Hall–Kier alpha value is -3.53. The fourth-order valence-corrected chi connectivity index (χ4v) is 7.26. The topological polar surface area (TPSA) is 54.4 Å². The normalized spacial score (nSPS) is 28.2. The van der Waals surface area contributed by atoms with Crippen molar-refractivity contribution in [2.75, 3.05) is 0 Å². The van der Waals surface area contributed by atoms with E-state index in [0.29, 0.717) is 42.6 Å². The summed E-state index contributed by atoms with van der Waals surface area (Å²) in [6.07, 6.45) is 25.1. The first-order valence-electron chi connectivity index (χ1n) is 16.5. The Morgan fingerprint density at radius 1 is 0.955 bits per heavy atom. The molecule has 0 amide bonds. The van der Waals surface area contributed by atoms with Gasteiger partial charge in [-0.3, -0.25) is 4.79 Å². The minimum absolute atomic E-state index is 0.182. The smallest absolute Gasteiger partial charge is 0.335 e. The van der Waals surface area contributed by atoms with Crippen LogP contribution in [0.4, 0.5) is 4.39 Å². The fourth-order valence-electron chi connectivity index (χ4n) is 7.26. The Balaban J connectivity index is 1.49. The molecule has 1 fully saturated rings. The number of carbonyl (C=O) groups excluding carboxylic acids is 1. The van der Waals surface area contributed by atoms with Crippen molar-refractivity contribution >= 4 is 17.3 Å². The number of hydrogen-bond acceptors (Lipinski definition) is 2. The van der Waals surface area contributed by atoms with Gasteiger partial charge in [-0.1, -0.05) is 67.7 Å². The van der Waals surface area contributed by atoms with Crippen molar-refractivity contribution in [3.63, 3.8) is 0 Å². The lowest BCUT2D eigenvalue weighted by atomic mass is 9.77. The second-order valence-corrected chi connectivity index (χ2v) is 13.6. The SMILES string of the molecule is C=CC1(F)CCC(CCC2C=C(c3ccc(C(=O)O)cc3)C3=C(C=C(C4=CC(C)CCC(=O)C=C4)C=C(C)CC3)CC2)CC1. The summed E-state index contributed by atoms with van der Waals surface area (Å²) in [6, 6.07) is 7.33. The number of carboxylic acids is 1. The predicted molar refractivity (Wildman–Crippen MR) is 178 cm³/mol. The zero-order valence-electron chi connectivity index (χ0n) is 26.4. The average Bonchev–Trinajstić information content (AvgIpc) is 3.17. The van der Waals surface area contributed by atoms with Gasteiger partial charge in [-0.25, -0.2) is 9.18 Å². The summed E-state index contributed by atoms with van der Waals surface area (Å²) in [5, 5.41) is 9.53. The molecule has 1 aromatic rings. The van der Waals surface area contributed by atoms with Gasteiger partial charge in [0, 0.05) is 6.42 Å². The third-order valence-corrected chi connectivity index (χ3v) is 10.2. The third-order valence-electron chi connectivity index (χ3n) is 10.2. The molecule has 0 aliphatic heterocycles. The highest BCUT2D eigenvalue weighted by Gasteiger charge is 2.32. The molecule has 44 heavy (non-hydrogen) atoms. The van der Waals surface area contributed by atoms with Crippen LogP contribution in [0.1, 0.15) is 107 Å². The van der Waals surface area contributed by atoms with E-state index >= 15 is 0 Å². The lowest BCUT2D eigenvalue weighted by molar-refractivity contribution is -0.114. The number of ketones is 1. The maximum Gasteiger partial charge on any atom is 0.335 e. The first kappa shape index (κ1) is 31.9. The van der Waals surface area contributed by atoms with E-state index < -0.39 is 11.6 Å². The van der Waals surface area contributed by atoms with E-state index in [2.05, 4.69) is 44.7 Å². The van der Waals surface area contributed by atoms with E-state index in [4.69, 9.17) is 0 Å². The molecule has 4 aliphatic carbocycles. The molecule has 2 unspecified atom stereocenters. The molecule has 4 aliphatic rings. The van der Waals surface area contributed by atoms with Crippen LogP contribution in [0.5, 0.6) is 0 Å². The highest BCUT2D eigenvalue weighted by atomic mass is 19.1. The molecule has 0 saturated heterocycles. The molecule has 0 heterocycles. The maximum atomic E-state index is 14.7. The van der Waals surface area contributed by atoms with E-state index in [9.17, 15) is 19.1 Å². The van der Waals surface area contributed by atoms with Crippen molar-refractivity contribution < 1.29 is 19.1 Å². The fraction of sp³-hybridized carbons (Fsp3) is 0.450. The molecule has 5 rings (SSSR count). The summed E-state index contributed by atoms with van der Waals surface area (Å²) in [5.74, 6) is 0.518. The number of carbonyl (C=O) groups is 2. The van der Waals surface area contributed by atoms with Crippen LogP contribution < -0.4 is 0 Å². The number of alkyl halides is 1. The summed E-state index contributed by atoms with van der Waals surface area (Å²) in [6.45, 7) is 8.09. The Bertz CT molecular complexity index is 1450. The molecule has 0 spiro atoms. The van der Waals surface area contributed by atoms with Crippen molar-refractivity contribution in [3.8, 4) is 0 Å². The van der Waals surface area contributed by atoms with Crippen molar-refractivity contribution in [2.45, 2.75) is 96.6 Å². The molecular weight excluding hydrogens is 547 g/mol. The molecule has 0 radical (unpaired) electrons. The Labute approximate surface area is 262 Å². The molecule has 232 valence electrons. The zero-order chi connectivity index (χ0) is 31.3. The maximum absolute atomic E-state index is 14.7. The van der Waals surface area contributed by atoms with Crippen LogP contribution in [-0.2, 0) is 4.79 Å². The number of halogens is 1. The van der Waals surface area contributed by atoms with Crippen LogP contribution in [-0.4, -0.2) is 22.5 Å². The molecule has 0 aromatic heterocycles. The number of hydrogen-bond donors (Lipinski definition) is 1. The highest BCUT2D eigenvalue weighted by Crippen LogP contribution is 2.43. The molecule has 0 bridgehead atoms. The number of allylic oxidation sites excluding steroid dienone is 13. The number of aromatic carboxylic acids is 1. The molecule has 2 atom stereocenters. The van der Waals surface area contributed by atoms with Gasteiger partial charge < -0.3 is 5.11 Å². The molecular formula is C40H47FO3. The van der Waals surface area contributed by atoms with Crippen molar-refractivity contribution in [2.24, 2.45) is 17.8 Å². The summed E-state index contributed by atoms with van der Waals surface area (Å²) >= 11 is 0. The van der Waals surface area contributed by atoms with Crippen LogP contribution in [0.3, 0.4) is 0 Å². The Kier molecular flexibility index (Phi) is 10.2. The summed E-state index contributed by atoms with van der Waals surface area (Å²) in [7, 11) is 0. The number of rotatable bonds is 7. The number of benzene rings is 1. The second kappa shape index (κ2) is 14.1. The van der Waals surface area contributed by atoms with Gasteiger partial charge >= 0.3 is 5.97 Å². The average molecular weight is 595 g/mol. The van der Waals surface area contributed by atoms with Crippen LogP contribution in [0.15, 0.2) is 101 Å². The van der Waals surface area contributed by atoms with Crippen LogP contribution in [0.2, 0.25) is 0 Å². The van der Waals surface area contributed by atoms with E-state index in [1.807, 2.05) is 18.2 Å². The summed E-state index contributed by atoms with van der Waals surface area (Å²) in [5.41, 5.74) is 7.61. The van der Waals surface area contributed by atoms with Crippen molar-refractivity contribution in [3.05, 3.63) is 112 Å². The summed E-state index contributed by atoms with van der Waals surface area (Å²) < 4.78 is 14.7. The lowest BCUT2D eigenvalue weighted by Crippen LogP contribution is -2.27. The van der Waals surface area contributed by atoms with Gasteiger partial charge in [0.15, 0.2) is 5.78 Å². The Morgan fingerprint density at radius 2 is 1.70 bits per heavy atom. The van der Waals surface area contributed by atoms with Gasteiger partial charge in [-0.15, -0.1) is 0 Å². The standard InChI is InChI=1S/C40H47FO3/c1-4-40(41)21-19-29(20-22-40)7-8-30-9-10-34-26-35(33-15-17-36(42)16-5-27(2)23-33)24-28(3)6-18-37(34)38(25-30)31-11-13-32(14-12-31)39(43)44/h4,11-15,17,23-27,29-30H,1,5-10,16,18-22H2,2-3H3,(H,43,44). The quantitative estimate of drug-likeness (QED) is 0.320. The monoisotopic (exact) mass is 594 g/mol. The first-order chi connectivity index (χ1) is 21.1. The minimum Gasteiger partial charge on any atom is -0.478 e. The molecule has 1 N–H and O–H groups in total. The minimum atomic E-state index is -1.20. The van der Waals surface area contributed by atoms with E-state index in [-0.39, 0.29) is 5.78 Å².